The second-order valence-electron chi connectivity index (χ2n) is 5.75. The van der Waals surface area contributed by atoms with E-state index in [9.17, 15) is 0 Å². The molecule has 0 radical (unpaired) electrons. The molecule has 96 valence electrons. The van der Waals surface area contributed by atoms with E-state index in [1.807, 2.05) is 0 Å². The van der Waals surface area contributed by atoms with Crippen LogP contribution in [-0.2, 0) is 4.74 Å². The van der Waals surface area contributed by atoms with Crippen LogP contribution in [0.25, 0.3) is 0 Å². The van der Waals surface area contributed by atoms with Crippen molar-refractivity contribution in [3.8, 4) is 0 Å². The molecule has 0 aromatic carbocycles. The lowest BCUT2D eigenvalue weighted by Crippen LogP contribution is -2.26. The minimum atomic E-state index is -0.228. The van der Waals surface area contributed by atoms with Gasteiger partial charge in [-0.1, -0.05) is 25.9 Å². The number of hydrogen-bond acceptors (Lipinski definition) is 5. The minimum Gasteiger partial charge on any atom is -0.381 e. The first kappa shape index (κ1) is 12.5. The summed E-state index contributed by atoms with van der Waals surface area (Å²) in [6, 6.07) is -0.228. The van der Waals surface area contributed by atoms with Gasteiger partial charge in [-0.05, 0) is 18.3 Å². The van der Waals surface area contributed by atoms with Gasteiger partial charge in [0.05, 0.1) is 12.6 Å². The predicted octanol–water partition coefficient (Wildman–Crippen LogP) is 2.01. The Labute approximate surface area is 102 Å². The average Bonchev–Trinajstić information content (AvgIpc) is 2.77. The van der Waals surface area contributed by atoms with E-state index in [0.29, 0.717) is 12.5 Å². The molecule has 0 bridgehead atoms. The Hall–Kier alpha value is -0.940. The smallest absolute Gasteiger partial charge is 0.244 e. The Morgan fingerprint density at radius 2 is 2.18 bits per heavy atom. The van der Waals surface area contributed by atoms with E-state index in [0.717, 1.165) is 25.3 Å². The first-order valence-electron chi connectivity index (χ1n) is 6.15. The Bertz CT molecular complexity index is 364. The first-order valence-corrected chi connectivity index (χ1v) is 6.15. The van der Waals surface area contributed by atoms with Crippen molar-refractivity contribution in [3.05, 3.63) is 11.7 Å². The Kier molecular flexibility index (Phi) is 3.49. The highest BCUT2D eigenvalue weighted by Crippen LogP contribution is 2.31. The van der Waals surface area contributed by atoms with Gasteiger partial charge in [-0.25, -0.2) is 0 Å². The molecule has 0 aliphatic carbocycles. The zero-order valence-electron chi connectivity index (χ0n) is 10.8. The Morgan fingerprint density at radius 1 is 1.41 bits per heavy atom. The van der Waals surface area contributed by atoms with Crippen LogP contribution < -0.4 is 5.73 Å². The highest BCUT2D eigenvalue weighted by molar-refractivity contribution is 5.01. The first-order chi connectivity index (χ1) is 7.98. The Balaban J connectivity index is 2.10. The molecule has 1 saturated heterocycles. The van der Waals surface area contributed by atoms with Gasteiger partial charge in [0.1, 0.15) is 0 Å². The second-order valence-corrected chi connectivity index (χ2v) is 5.75. The molecule has 1 unspecified atom stereocenters. The SMILES string of the molecule is CC(C)(C)[C@@H](N)c1nc(C2CCCOC2)no1. The number of aromatic nitrogens is 2. The van der Waals surface area contributed by atoms with Crippen LogP contribution in [-0.4, -0.2) is 23.4 Å². The van der Waals surface area contributed by atoms with Crippen LogP contribution in [0.5, 0.6) is 0 Å². The van der Waals surface area contributed by atoms with Crippen LogP contribution in [0.1, 0.15) is 57.3 Å². The summed E-state index contributed by atoms with van der Waals surface area (Å²) in [6.07, 6.45) is 2.11. The summed E-state index contributed by atoms with van der Waals surface area (Å²) in [5.41, 5.74) is 6.01. The van der Waals surface area contributed by atoms with Crippen molar-refractivity contribution >= 4 is 0 Å². The van der Waals surface area contributed by atoms with Gasteiger partial charge < -0.3 is 15.0 Å². The molecule has 1 aromatic heterocycles. The van der Waals surface area contributed by atoms with E-state index in [1.165, 1.54) is 0 Å². The number of ether oxygens (including phenoxy) is 1. The van der Waals surface area contributed by atoms with Crippen molar-refractivity contribution in [2.24, 2.45) is 11.1 Å². The van der Waals surface area contributed by atoms with Gasteiger partial charge >= 0.3 is 0 Å². The molecular formula is C12H21N3O2. The van der Waals surface area contributed by atoms with Crippen molar-refractivity contribution in [1.82, 2.24) is 10.1 Å². The maximum atomic E-state index is 6.09. The third kappa shape index (κ3) is 2.84. The number of nitrogens with two attached hydrogens (primary N) is 1. The maximum Gasteiger partial charge on any atom is 0.244 e. The molecule has 0 amide bonds. The quantitative estimate of drug-likeness (QED) is 0.854. The zero-order chi connectivity index (χ0) is 12.5. The van der Waals surface area contributed by atoms with E-state index in [-0.39, 0.29) is 17.4 Å². The third-order valence-corrected chi connectivity index (χ3v) is 3.18. The summed E-state index contributed by atoms with van der Waals surface area (Å²) in [6.45, 7) is 7.70. The summed E-state index contributed by atoms with van der Waals surface area (Å²) < 4.78 is 10.7. The number of nitrogens with zero attached hydrogens (tertiary/aromatic N) is 2. The lowest BCUT2D eigenvalue weighted by molar-refractivity contribution is 0.0773. The molecular weight excluding hydrogens is 218 g/mol. The normalized spacial score (nSPS) is 23.6. The minimum absolute atomic E-state index is 0.0765. The lowest BCUT2D eigenvalue weighted by Gasteiger charge is -2.23. The molecule has 2 heterocycles. The predicted molar refractivity (Wildman–Crippen MR) is 63.5 cm³/mol. The fourth-order valence-electron chi connectivity index (χ4n) is 1.85. The van der Waals surface area contributed by atoms with Crippen molar-refractivity contribution in [3.63, 3.8) is 0 Å². The van der Waals surface area contributed by atoms with Crippen molar-refractivity contribution in [2.75, 3.05) is 13.2 Å². The molecule has 1 aliphatic heterocycles. The van der Waals surface area contributed by atoms with Gasteiger partial charge in [0.25, 0.3) is 0 Å². The van der Waals surface area contributed by atoms with Gasteiger partial charge in [0, 0.05) is 12.5 Å². The standard InChI is InChI=1S/C12H21N3O2/c1-12(2,3)9(13)11-14-10(15-17-11)8-5-4-6-16-7-8/h8-9H,4-7,13H2,1-3H3/t8?,9-/m0/s1. The topological polar surface area (TPSA) is 74.2 Å². The highest BCUT2D eigenvalue weighted by atomic mass is 16.5. The van der Waals surface area contributed by atoms with Gasteiger partial charge in [-0.2, -0.15) is 4.98 Å². The molecule has 5 heteroatoms. The van der Waals surface area contributed by atoms with Crippen LogP contribution in [0.4, 0.5) is 0 Å². The Morgan fingerprint density at radius 3 is 2.76 bits per heavy atom. The molecule has 2 rings (SSSR count). The summed E-state index contributed by atoms with van der Waals surface area (Å²) in [4.78, 5) is 4.42. The molecule has 1 aromatic rings. The van der Waals surface area contributed by atoms with Gasteiger partial charge in [-0.3, -0.25) is 0 Å². The molecule has 5 nitrogen and oxygen atoms in total. The summed E-state index contributed by atoms with van der Waals surface area (Å²) in [5, 5.41) is 4.03. The van der Waals surface area contributed by atoms with Crippen molar-refractivity contribution in [1.29, 1.82) is 0 Å². The molecule has 2 atom stereocenters. The summed E-state index contributed by atoms with van der Waals surface area (Å²) in [5.74, 6) is 1.52. The van der Waals surface area contributed by atoms with Crippen LogP contribution in [0.3, 0.4) is 0 Å². The molecule has 17 heavy (non-hydrogen) atoms. The highest BCUT2D eigenvalue weighted by Gasteiger charge is 2.29. The average molecular weight is 239 g/mol. The second kappa shape index (κ2) is 4.74. The third-order valence-electron chi connectivity index (χ3n) is 3.18. The van der Waals surface area contributed by atoms with Crippen LogP contribution in [0, 0.1) is 5.41 Å². The molecule has 0 saturated carbocycles. The van der Waals surface area contributed by atoms with Crippen LogP contribution >= 0.6 is 0 Å². The van der Waals surface area contributed by atoms with E-state index >= 15 is 0 Å². The monoisotopic (exact) mass is 239 g/mol. The van der Waals surface area contributed by atoms with E-state index in [4.69, 9.17) is 15.0 Å². The molecule has 1 aliphatic rings. The van der Waals surface area contributed by atoms with Gasteiger partial charge in [0.2, 0.25) is 5.89 Å². The number of rotatable bonds is 2. The maximum absolute atomic E-state index is 6.09. The van der Waals surface area contributed by atoms with Crippen LogP contribution in [0.2, 0.25) is 0 Å². The lowest BCUT2D eigenvalue weighted by atomic mass is 9.87. The zero-order valence-corrected chi connectivity index (χ0v) is 10.8. The summed E-state index contributed by atoms with van der Waals surface area (Å²) >= 11 is 0. The van der Waals surface area contributed by atoms with E-state index < -0.39 is 0 Å². The largest absolute Gasteiger partial charge is 0.381 e. The summed E-state index contributed by atoms with van der Waals surface area (Å²) in [7, 11) is 0. The van der Waals surface area contributed by atoms with Gasteiger partial charge in [0.15, 0.2) is 5.82 Å². The fourth-order valence-corrected chi connectivity index (χ4v) is 1.85. The fraction of sp³-hybridized carbons (Fsp3) is 0.833. The van der Waals surface area contributed by atoms with E-state index in [2.05, 4.69) is 30.9 Å². The van der Waals surface area contributed by atoms with Crippen LogP contribution in [0.15, 0.2) is 4.52 Å². The van der Waals surface area contributed by atoms with Crippen molar-refractivity contribution in [2.45, 2.75) is 45.6 Å². The van der Waals surface area contributed by atoms with Gasteiger partial charge in [-0.15, -0.1) is 0 Å². The molecule has 2 N–H and O–H groups in total. The van der Waals surface area contributed by atoms with Crippen molar-refractivity contribution < 1.29 is 9.26 Å². The van der Waals surface area contributed by atoms with E-state index in [1.54, 1.807) is 0 Å². The molecule has 1 fully saturated rings. The number of hydrogen-bond donors (Lipinski definition) is 1. The molecule has 0 spiro atoms.